The fourth-order valence-corrected chi connectivity index (χ4v) is 1.41. The first kappa shape index (κ1) is 12.7. The lowest BCUT2D eigenvalue weighted by Crippen LogP contribution is -2.08. The second-order valence-electron chi connectivity index (χ2n) is 3.37. The van der Waals surface area contributed by atoms with Crippen LogP contribution < -0.4 is 5.32 Å². The van der Waals surface area contributed by atoms with Crippen LogP contribution in [0.2, 0.25) is 5.02 Å². The number of alkyl halides is 3. The van der Waals surface area contributed by atoms with Crippen molar-refractivity contribution in [2.45, 2.75) is 12.7 Å². The molecule has 1 aromatic carbocycles. The van der Waals surface area contributed by atoms with E-state index in [2.05, 4.69) is 20.0 Å². The number of rotatable bonds is 3. The molecule has 0 fully saturated rings. The Balaban J connectivity index is 2.01. The number of hydrogen-bond acceptors (Lipinski definition) is 4. The van der Waals surface area contributed by atoms with E-state index in [0.29, 0.717) is 10.7 Å². The van der Waals surface area contributed by atoms with Crippen LogP contribution in [0.3, 0.4) is 0 Å². The van der Waals surface area contributed by atoms with Gasteiger partial charge in [-0.15, -0.1) is 0 Å². The minimum absolute atomic E-state index is 0.0105. The average Bonchev–Trinajstić information content (AvgIpc) is 2.74. The maximum Gasteiger partial charge on any atom is 0.455 e. The second-order valence-corrected chi connectivity index (χ2v) is 3.81. The number of anilines is 1. The predicted octanol–water partition coefficient (Wildman–Crippen LogP) is 3.35. The standard InChI is InChI=1S/C10H7ClF3N3O/c11-6-2-1-3-7(4-6)15-5-8-16-9(17-18-8)10(12,13)14/h1-4,15H,5H2. The van der Waals surface area contributed by atoms with Gasteiger partial charge >= 0.3 is 6.18 Å². The van der Waals surface area contributed by atoms with Crippen molar-refractivity contribution >= 4 is 17.3 Å². The van der Waals surface area contributed by atoms with Gasteiger partial charge in [-0.05, 0) is 18.2 Å². The lowest BCUT2D eigenvalue weighted by molar-refractivity contribution is -0.146. The Morgan fingerprint density at radius 3 is 2.72 bits per heavy atom. The van der Waals surface area contributed by atoms with Gasteiger partial charge in [0.05, 0.1) is 6.54 Å². The minimum Gasteiger partial charge on any atom is -0.376 e. The van der Waals surface area contributed by atoms with Gasteiger partial charge in [0.25, 0.3) is 5.82 Å². The first-order valence-electron chi connectivity index (χ1n) is 4.84. The first-order chi connectivity index (χ1) is 8.45. The van der Waals surface area contributed by atoms with E-state index in [4.69, 9.17) is 11.6 Å². The molecule has 0 bridgehead atoms. The Bertz CT molecular complexity index is 541. The summed E-state index contributed by atoms with van der Waals surface area (Å²) in [5.41, 5.74) is 0.647. The summed E-state index contributed by atoms with van der Waals surface area (Å²) in [6.07, 6.45) is -4.60. The number of aromatic nitrogens is 2. The summed E-state index contributed by atoms with van der Waals surface area (Å²) in [5.74, 6) is -1.44. The molecule has 2 rings (SSSR count). The van der Waals surface area contributed by atoms with E-state index < -0.39 is 12.0 Å². The summed E-state index contributed by atoms with van der Waals surface area (Å²) in [6, 6.07) is 6.73. The van der Waals surface area contributed by atoms with E-state index in [1.807, 2.05) is 0 Å². The highest BCUT2D eigenvalue weighted by Gasteiger charge is 2.37. The molecule has 0 spiro atoms. The van der Waals surface area contributed by atoms with Crippen LogP contribution in [-0.4, -0.2) is 10.1 Å². The Morgan fingerprint density at radius 2 is 2.11 bits per heavy atom. The highest BCUT2D eigenvalue weighted by Crippen LogP contribution is 2.26. The molecule has 96 valence electrons. The molecule has 4 nitrogen and oxygen atoms in total. The van der Waals surface area contributed by atoms with Gasteiger partial charge in [-0.25, -0.2) is 0 Å². The van der Waals surface area contributed by atoms with Crippen molar-refractivity contribution in [2.24, 2.45) is 0 Å². The third kappa shape index (κ3) is 3.13. The van der Waals surface area contributed by atoms with E-state index in [1.54, 1.807) is 24.3 Å². The molecule has 2 aromatic rings. The van der Waals surface area contributed by atoms with E-state index in [9.17, 15) is 13.2 Å². The molecule has 1 aromatic heterocycles. The summed E-state index contributed by atoms with van der Waals surface area (Å²) in [5, 5.41) is 6.17. The van der Waals surface area contributed by atoms with Crippen molar-refractivity contribution in [3.63, 3.8) is 0 Å². The van der Waals surface area contributed by atoms with Gasteiger partial charge in [0.15, 0.2) is 0 Å². The van der Waals surface area contributed by atoms with Gasteiger partial charge in [0.1, 0.15) is 0 Å². The summed E-state index contributed by atoms with van der Waals surface area (Å²) in [7, 11) is 0. The van der Waals surface area contributed by atoms with Gasteiger partial charge in [0.2, 0.25) is 5.89 Å². The highest BCUT2D eigenvalue weighted by atomic mass is 35.5. The molecule has 0 amide bonds. The molecule has 1 N–H and O–H groups in total. The fourth-order valence-electron chi connectivity index (χ4n) is 1.22. The van der Waals surface area contributed by atoms with Gasteiger partial charge in [-0.1, -0.05) is 22.8 Å². The van der Waals surface area contributed by atoms with Crippen LogP contribution in [0.5, 0.6) is 0 Å². The largest absolute Gasteiger partial charge is 0.455 e. The molecule has 0 aliphatic heterocycles. The SMILES string of the molecule is FC(F)(F)c1noc(CNc2cccc(Cl)c2)n1. The average molecular weight is 278 g/mol. The van der Waals surface area contributed by atoms with Crippen molar-refractivity contribution < 1.29 is 17.7 Å². The normalized spacial score (nSPS) is 11.6. The monoisotopic (exact) mass is 277 g/mol. The maximum atomic E-state index is 12.2. The van der Waals surface area contributed by atoms with Crippen molar-refractivity contribution in [2.75, 3.05) is 5.32 Å². The Kier molecular flexibility index (Phi) is 3.42. The fraction of sp³-hybridized carbons (Fsp3) is 0.200. The first-order valence-corrected chi connectivity index (χ1v) is 5.22. The van der Waals surface area contributed by atoms with Gasteiger partial charge in [0, 0.05) is 10.7 Å². The minimum atomic E-state index is -4.60. The number of hydrogen-bond donors (Lipinski definition) is 1. The Morgan fingerprint density at radius 1 is 1.33 bits per heavy atom. The van der Waals surface area contributed by atoms with Crippen LogP contribution in [0.4, 0.5) is 18.9 Å². The predicted molar refractivity (Wildman–Crippen MR) is 58.1 cm³/mol. The van der Waals surface area contributed by atoms with Crippen LogP contribution in [0.15, 0.2) is 28.8 Å². The van der Waals surface area contributed by atoms with Crippen LogP contribution in [0.25, 0.3) is 0 Å². The van der Waals surface area contributed by atoms with Gasteiger partial charge in [-0.2, -0.15) is 18.2 Å². The Hall–Kier alpha value is -1.76. The number of nitrogens with one attached hydrogen (secondary N) is 1. The topological polar surface area (TPSA) is 51.0 Å². The van der Waals surface area contributed by atoms with Crippen molar-refractivity contribution in [1.29, 1.82) is 0 Å². The van der Waals surface area contributed by atoms with Gasteiger partial charge in [-0.3, -0.25) is 0 Å². The third-order valence-corrected chi connectivity index (χ3v) is 2.23. The highest BCUT2D eigenvalue weighted by molar-refractivity contribution is 6.30. The van der Waals surface area contributed by atoms with Crippen molar-refractivity contribution in [3.8, 4) is 0 Å². The zero-order valence-electron chi connectivity index (χ0n) is 8.83. The molecule has 0 atom stereocenters. The summed E-state index contributed by atoms with van der Waals surface area (Å²) in [4.78, 5) is 3.22. The van der Waals surface area contributed by atoms with Crippen LogP contribution in [0.1, 0.15) is 11.7 Å². The summed E-state index contributed by atoms with van der Waals surface area (Å²) < 4.78 is 41.1. The number of nitrogens with zero attached hydrogens (tertiary/aromatic N) is 2. The number of benzene rings is 1. The molecule has 8 heteroatoms. The maximum absolute atomic E-state index is 12.2. The van der Waals surface area contributed by atoms with Gasteiger partial charge < -0.3 is 9.84 Å². The lowest BCUT2D eigenvalue weighted by atomic mass is 10.3. The lowest BCUT2D eigenvalue weighted by Gasteiger charge is -2.02. The number of halogens is 4. The smallest absolute Gasteiger partial charge is 0.376 e. The second kappa shape index (κ2) is 4.85. The van der Waals surface area contributed by atoms with Crippen LogP contribution in [-0.2, 0) is 12.7 Å². The van der Waals surface area contributed by atoms with Crippen LogP contribution in [0, 0.1) is 0 Å². The van der Waals surface area contributed by atoms with E-state index >= 15 is 0 Å². The zero-order chi connectivity index (χ0) is 13.2. The summed E-state index contributed by atoms with van der Waals surface area (Å²) in [6.45, 7) is -0.0105. The third-order valence-electron chi connectivity index (χ3n) is 1.99. The van der Waals surface area contributed by atoms with E-state index in [-0.39, 0.29) is 12.4 Å². The van der Waals surface area contributed by atoms with E-state index in [0.717, 1.165) is 0 Å². The van der Waals surface area contributed by atoms with Crippen LogP contribution >= 0.6 is 11.6 Å². The Labute approximate surface area is 105 Å². The zero-order valence-corrected chi connectivity index (χ0v) is 9.59. The quantitative estimate of drug-likeness (QED) is 0.935. The molecule has 18 heavy (non-hydrogen) atoms. The molecular formula is C10H7ClF3N3O. The summed E-state index contributed by atoms with van der Waals surface area (Å²) >= 11 is 5.75. The molecule has 0 aliphatic carbocycles. The molecular weight excluding hydrogens is 271 g/mol. The molecule has 0 aliphatic rings. The molecule has 0 saturated carbocycles. The van der Waals surface area contributed by atoms with E-state index in [1.165, 1.54) is 0 Å². The van der Waals surface area contributed by atoms with Crippen molar-refractivity contribution in [3.05, 3.63) is 41.0 Å². The molecule has 0 radical (unpaired) electrons. The van der Waals surface area contributed by atoms with Crippen molar-refractivity contribution in [1.82, 2.24) is 10.1 Å². The molecule has 1 heterocycles. The molecule has 0 unspecified atom stereocenters. The molecule has 0 saturated heterocycles.